The molecule has 0 saturated heterocycles. The fraction of sp³-hybridized carbons (Fsp3) is 0. The van der Waals surface area contributed by atoms with E-state index < -0.39 is 39.6 Å². The van der Waals surface area contributed by atoms with E-state index in [0.29, 0.717) is 0 Å². The zero-order chi connectivity index (χ0) is 17.0. The molecule has 0 atom stereocenters. The molecule has 8 nitrogen and oxygen atoms in total. The molecule has 0 unspecified atom stereocenters. The van der Waals surface area contributed by atoms with Crippen LogP contribution in [0.2, 0.25) is 0 Å². The first-order valence-corrected chi connectivity index (χ1v) is 6.23. The van der Waals surface area contributed by atoms with Crippen molar-refractivity contribution in [3.8, 4) is 0 Å². The van der Waals surface area contributed by atoms with Crippen molar-refractivity contribution >= 4 is 23.6 Å². The minimum absolute atomic E-state index is 0.111. The van der Waals surface area contributed by atoms with Crippen LogP contribution >= 0.6 is 0 Å². The van der Waals surface area contributed by atoms with Gasteiger partial charge in [0.2, 0.25) is 0 Å². The van der Waals surface area contributed by atoms with Crippen molar-refractivity contribution in [1.82, 2.24) is 0 Å². The summed E-state index contributed by atoms with van der Waals surface area (Å²) in [5.41, 5.74) is -1.45. The predicted molar refractivity (Wildman–Crippen MR) is 76.2 cm³/mol. The molecular weight excluding hydrogens is 306 g/mol. The summed E-state index contributed by atoms with van der Waals surface area (Å²) in [7, 11) is 0. The maximum Gasteiger partial charge on any atom is 0.346 e. The van der Waals surface area contributed by atoms with Crippen LogP contribution in [0.4, 0.5) is 5.69 Å². The van der Waals surface area contributed by atoms with Gasteiger partial charge in [-0.3, -0.25) is 10.1 Å². The van der Waals surface area contributed by atoms with E-state index in [9.17, 15) is 24.5 Å². The largest absolute Gasteiger partial charge is 0.478 e. The Kier molecular flexibility index (Phi) is 4.46. The molecule has 0 aliphatic carbocycles. The summed E-state index contributed by atoms with van der Waals surface area (Å²) >= 11 is 0. The summed E-state index contributed by atoms with van der Waals surface area (Å²) in [4.78, 5) is 44.8. The number of esters is 2. The molecule has 2 aromatic rings. The van der Waals surface area contributed by atoms with Crippen molar-refractivity contribution in [2.75, 3.05) is 0 Å². The van der Waals surface area contributed by atoms with Gasteiger partial charge >= 0.3 is 17.9 Å². The van der Waals surface area contributed by atoms with Crippen molar-refractivity contribution in [1.29, 1.82) is 0 Å². The van der Waals surface area contributed by atoms with Gasteiger partial charge in [0.15, 0.2) is 0 Å². The number of hydrogen-bond acceptors (Lipinski definition) is 6. The predicted octanol–water partition coefficient (Wildman–Crippen LogP) is 2.29. The summed E-state index contributed by atoms with van der Waals surface area (Å²) in [5.74, 6) is -3.70. The summed E-state index contributed by atoms with van der Waals surface area (Å²) in [5, 5.41) is 19.7. The third kappa shape index (κ3) is 3.56. The van der Waals surface area contributed by atoms with E-state index in [1.165, 1.54) is 12.1 Å². The molecule has 23 heavy (non-hydrogen) atoms. The molecule has 0 amide bonds. The molecule has 0 fully saturated rings. The lowest BCUT2D eigenvalue weighted by Gasteiger charge is -2.06. The Morgan fingerprint density at radius 2 is 1.61 bits per heavy atom. The van der Waals surface area contributed by atoms with Crippen LogP contribution in [0.5, 0.6) is 0 Å². The number of carboxylic acid groups (broad SMARTS) is 1. The number of nitro groups is 1. The van der Waals surface area contributed by atoms with Gasteiger partial charge in [-0.1, -0.05) is 18.2 Å². The van der Waals surface area contributed by atoms with Crippen LogP contribution in [0.1, 0.15) is 31.1 Å². The van der Waals surface area contributed by atoms with Gasteiger partial charge in [0, 0.05) is 12.1 Å². The maximum absolute atomic E-state index is 12.0. The van der Waals surface area contributed by atoms with Gasteiger partial charge in [0.25, 0.3) is 5.69 Å². The standard InChI is InChI=1S/C15H9NO7/c17-13(18)12-8-10(16(21)22)6-7-11(12)15(20)23-14(19)9-4-2-1-3-5-9/h1-8H,(H,17,18). The molecule has 0 aromatic heterocycles. The van der Waals surface area contributed by atoms with E-state index in [2.05, 4.69) is 4.74 Å². The Labute approximate surface area is 129 Å². The fourth-order valence-corrected chi connectivity index (χ4v) is 1.77. The molecular formula is C15H9NO7. The minimum Gasteiger partial charge on any atom is -0.478 e. The highest BCUT2D eigenvalue weighted by Gasteiger charge is 2.23. The second-order valence-electron chi connectivity index (χ2n) is 4.34. The second-order valence-corrected chi connectivity index (χ2v) is 4.34. The Morgan fingerprint density at radius 3 is 2.17 bits per heavy atom. The molecule has 8 heteroatoms. The first kappa shape index (κ1) is 15.8. The minimum atomic E-state index is -1.55. The molecule has 0 heterocycles. The van der Waals surface area contributed by atoms with Crippen LogP contribution in [0, 0.1) is 10.1 Å². The van der Waals surface area contributed by atoms with Gasteiger partial charge in [0.1, 0.15) is 0 Å². The first-order valence-electron chi connectivity index (χ1n) is 6.23. The Morgan fingerprint density at radius 1 is 0.957 bits per heavy atom. The molecule has 0 bridgehead atoms. The highest BCUT2D eigenvalue weighted by atomic mass is 16.6. The van der Waals surface area contributed by atoms with Crippen LogP contribution < -0.4 is 0 Å². The van der Waals surface area contributed by atoms with Crippen LogP contribution in [-0.2, 0) is 4.74 Å². The van der Waals surface area contributed by atoms with Gasteiger partial charge in [-0.25, -0.2) is 14.4 Å². The number of nitrogens with zero attached hydrogens (tertiary/aromatic N) is 1. The summed E-state index contributed by atoms with van der Waals surface area (Å²) in [6, 6.07) is 10.2. The number of non-ortho nitro benzene ring substituents is 1. The first-order chi connectivity index (χ1) is 10.9. The number of carbonyl (C=O) groups is 3. The zero-order valence-electron chi connectivity index (χ0n) is 11.5. The lowest BCUT2D eigenvalue weighted by Crippen LogP contribution is -2.16. The van der Waals surface area contributed by atoms with Crippen molar-refractivity contribution < 1.29 is 29.2 Å². The Bertz CT molecular complexity index is 799. The van der Waals surface area contributed by atoms with E-state index >= 15 is 0 Å². The van der Waals surface area contributed by atoms with E-state index in [1.54, 1.807) is 18.2 Å². The fourth-order valence-electron chi connectivity index (χ4n) is 1.77. The molecule has 2 rings (SSSR count). The normalized spacial score (nSPS) is 9.91. The van der Waals surface area contributed by atoms with Crippen molar-refractivity contribution in [3.63, 3.8) is 0 Å². The molecule has 116 valence electrons. The third-order valence-electron chi connectivity index (χ3n) is 2.86. The van der Waals surface area contributed by atoms with Crippen molar-refractivity contribution in [3.05, 3.63) is 75.3 Å². The van der Waals surface area contributed by atoms with E-state index in [-0.39, 0.29) is 5.56 Å². The highest BCUT2D eigenvalue weighted by molar-refractivity contribution is 6.08. The van der Waals surface area contributed by atoms with Crippen LogP contribution in [-0.4, -0.2) is 27.9 Å². The average molecular weight is 315 g/mol. The molecule has 2 aromatic carbocycles. The lowest BCUT2D eigenvalue weighted by atomic mass is 10.1. The molecule has 0 radical (unpaired) electrons. The topological polar surface area (TPSA) is 124 Å². The van der Waals surface area contributed by atoms with E-state index in [4.69, 9.17) is 5.11 Å². The summed E-state index contributed by atoms with van der Waals surface area (Å²) in [6.45, 7) is 0. The molecule has 0 saturated carbocycles. The molecule has 1 N–H and O–H groups in total. The van der Waals surface area contributed by atoms with Crippen molar-refractivity contribution in [2.45, 2.75) is 0 Å². The molecule has 0 aliphatic rings. The quantitative estimate of drug-likeness (QED) is 0.397. The monoisotopic (exact) mass is 315 g/mol. The van der Waals surface area contributed by atoms with Crippen molar-refractivity contribution in [2.24, 2.45) is 0 Å². The summed E-state index contributed by atoms with van der Waals surface area (Å²) < 4.78 is 4.60. The van der Waals surface area contributed by atoms with Gasteiger partial charge < -0.3 is 9.84 Å². The average Bonchev–Trinajstić information content (AvgIpc) is 2.54. The number of carbonyl (C=O) groups excluding carboxylic acids is 2. The molecule has 0 aliphatic heterocycles. The number of rotatable bonds is 4. The second kappa shape index (κ2) is 6.48. The number of ether oxygens (including phenoxy) is 1. The van der Waals surface area contributed by atoms with E-state index in [0.717, 1.165) is 18.2 Å². The van der Waals surface area contributed by atoms with Gasteiger partial charge in [-0.05, 0) is 18.2 Å². The number of benzene rings is 2. The number of aromatic carboxylic acids is 1. The maximum atomic E-state index is 12.0. The zero-order valence-corrected chi connectivity index (χ0v) is 11.5. The van der Waals surface area contributed by atoms with E-state index in [1.807, 2.05) is 0 Å². The number of nitro benzene ring substituents is 1. The Hall–Kier alpha value is -3.55. The van der Waals surface area contributed by atoms with Gasteiger partial charge in [-0.2, -0.15) is 0 Å². The smallest absolute Gasteiger partial charge is 0.346 e. The number of carboxylic acids is 1. The molecule has 0 spiro atoms. The van der Waals surface area contributed by atoms with Crippen LogP contribution in [0.25, 0.3) is 0 Å². The SMILES string of the molecule is O=C(OC(=O)c1ccc([N+](=O)[O-])cc1C(=O)O)c1ccccc1. The Balaban J connectivity index is 2.30. The van der Waals surface area contributed by atoms with Gasteiger partial charge in [-0.15, -0.1) is 0 Å². The van der Waals surface area contributed by atoms with Crippen LogP contribution in [0.15, 0.2) is 48.5 Å². The van der Waals surface area contributed by atoms with Crippen LogP contribution in [0.3, 0.4) is 0 Å². The summed E-state index contributed by atoms with van der Waals surface area (Å²) in [6.07, 6.45) is 0. The number of hydrogen-bond donors (Lipinski definition) is 1. The van der Waals surface area contributed by atoms with Gasteiger partial charge in [0.05, 0.1) is 21.6 Å². The lowest BCUT2D eigenvalue weighted by molar-refractivity contribution is -0.384. The highest BCUT2D eigenvalue weighted by Crippen LogP contribution is 2.19. The third-order valence-corrected chi connectivity index (χ3v) is 2.86.